The molecule has 1 saturated heterocycles. The summed E-state index contributed by atoms with van der Waals surface area (Å²) in [7, 11) is -3.21. The third-order valence-corrected chi connectivity index (χ3v) is 3.84. The average Bonchev–Trinajstić information content (AvgIpc) is 2.82. The number of sulfonamides is 1. The average molecular weight is 302 g/mol. The predicted molar refractivity (Wildman–Crippen MR) is 72.3 cm³/mol. The van der Waals surface area contributed by atoms with E-state index in [4.69, 9.17) is 5.73 Å². The first-order valence-electron chi connectivity index (χ1n) is 6.27. The Morgan fingerprint density at radius 1 is 1.60 bits per heavy atom. The van der Waals surface area contributed by atoms with Crippen molar-refractivity contribution in [1.82, 2.24) is 24.8 Å². The van der Waals surface area contributed by atoms with E-state index in [9.17, 15) is 13.2 Å². The van der Waals surface area contributed by atoms with Crippen molar-refractivity contribution in [2.24, 2.45) is 5.92 Å². The van der Waals surface area contributed by atoms with E-state index in [1.165, 1.54) is 0 Å². The van der Waals surface area contributed by atoms with Crippen molar-refractivity contribution in [2.75, 3.05) is 31.6 Å². The Morgan fingerprint density at radius 3 is 2.95 bits per heavy atom. The molecule has 0 radical (unpaired) electrons. The zero-order valence-corrected chi connectivity index (χ0v) is 12.0. The maximum atomic E-state index is 12.2. The number of nitrogens with one attached hydrogen (secondary N) is 2. The smallest absolute Gasteiger partial charge is 0.291 e. The highest BCUT2D eigenvalue weighted by molar-refractivity contribution is 7.88. The number of hydrogen-bond acceptors (Lipinski definition) is 6. The molecule has 10 heteroatoms. The normalized spacial score (nSPS) is 20.1. The van der Waals surface area contributed by atoms with Crippen LogP contribution in [0.5, 0.6) is 0 Å². The topological polar surface area (TPSA) is 134 Å². The summed E-state index contributed by atoms with van der Waals surface area (Å²) in [6.45, 7) is 1.44. The lowest BCUT2D eigenvalue weighted by molar-refractivity contribution is 0.0664. The molecule has 1 unspecified atom stereocenters. The summed E-state index contributed by atoms with van der Waals surface area (Å²) in [6, 6.07) is 0. The van der Waals surface area contributed by atoms with Gasteiger partial charge in [-0.25, -0.2) is 13.1 Å². The lowest BCUT2D eigenvalue weighted by Crippen LogP contribution is -2.43. The number of carbonyl (C=O) groups excluding carboxylic acids is 1. The van der Waals surface area contributed by atoms with Crippen molar-refractivity contribution >= 4 is 21.9 Å². The molecule has 1 aromatic heterocycles. The number of aromatic amines is 1. The highest BCUT2D eigenvalue weighted by Gasteiger charge is 2.26. The van der Waals surface area contributed by atoms with Crippen LogP contribution in [0.2, 0.25) is 0 Å². The van der Waals surface area contributed by atoms with Gasteiger partial charge in [0.25, 0.3) is 5.91 Å². The number of piperidine rings is 1. The van der Waals surface area contributed by atoms with E-state index in [1.54, 1.807) is 4.90 Å². The molecule has 0 spiro atoms. The second-order valence-corrected chi connectivity index (χ2v) is 6.76. The summed E-state index contributed by atoms with van der Waals surface area (Å²) in [6.07, 6.45) is 2.83. The van der Waals surface area contributed by atoms with Crippen molar-refractivity contribution in [3.8, 4) is 0 Å². The third-order valence-electron chi connectivity index (χ3n) is 3.15. The highest BCUT2D eigenvalue weighted by Crippen LogP contribution is 2.17. The van der Waals surface area contributed by atoms with Crippen LogP contribution in [-0.2, 0) is 10.0 Å². The van der Waals surface area contributed by atoms with Crippen molar-refractivity contribution in [2.45, 2.75) is 12.8 Å². The molecule has 1 aliphatic rings. The van der Waals surface area contributed by atoms with E-state index >= 15 is 0 Å². The molecule has 1 aliphatic heterocycles. The van der Waals surface area contributed by atoms with Crippen LogP contribution in [-0.4, -0.2) is 60.3 Å². The van der Waals surface area contributed by atoms with E-state index in [2.05, 4.69) is 19.9 Å². The predicted octanol–water partition coefficient (Wildman–Crippen LogP) is -1.21. The van der Waals surface area contributed by atoms with Gasteiger partial charge < -0.3 is 10.6 Å². The van der Waals surface area contributed by atoms with E-state index in [-0.39, 0.29) is 23.6 Å². The molecule has 2 heterocycles. The van der Waals surface area contributed by atoms with Crippen LogP contribution >= 0.6 is 0 Å². The van der Waals surface area contributed by atoms with Crippen molar-refractivity contribution in [3.05, 3.63) is 5.82 Å². The minimum absolute atomic E-state index is 0.0284. The minimum atomic E-state index is -3.21. The molecule has 1 amide bonds. The Kier molecular flexibility index (Phi) is 4.23. The summed E-state index contributed by atoms with van der Waals surface area (Å²) >= 11 is 0. The fraction of sp³-hybridized carbons (Fsp3) is 0.700. The molecule has 20 heavy (non-hydrogen) atoms. The first-order chi connectivity index (χ1) is 9.35. The maximum absolute atomic E-state index is 12.2. The van der Waals surface area contributed by atoms with Gasteiger partial charge in [0.1, 0.15) is 0 Å². The third kappa shape index (κ3) is 3.90. The maximum Gasteiger partial charge on any atom is 0.291 e. The zero-order valence-electron chi connectivity index (χ0n) is 11.2. The van der Waals surface area contributed by atoms with Crippen LogP contribution in [0.4, 0.5) is 5.95 Å². The molecule has 0 saturated carbocycles. The Balaban J connectivity index is 1.94. The van der Waals surface area contributed by atoms with E-state index in [0.717, 1.165) is 19.1 Å². The second-order valence-electron chi connectivity index (χ2n) is 4.92. The summed E-state index contributed by atoms with van der Waals surface area (Å²) in [5, 5.41) is 6.11. The number of rotatable bonds is 4. The first-order valence-corrected chi connectivity index (χ1v) is 8.16. The molecular formula is C10H18N6O3S. The quantitative estimate of drug-likeness (QED) is 0.639. The number of aromatic nitrogens is 3. The summed E-state index contributed by atoms with van der Waals surface area (Å²) in [4.78, 5) is 17.6. The van der Waals surface area contributed by atoms with Crippen molar-refractivity contribution in [1.29, 1.82) is 0 Å². The Bertz CT molecular complexity index is 584. The van der Waals surface area contributed by atoms with Gasteiger partial charge in [0, 0.05) is 19.6 Å². The van der Waals surface area contributed by atoms with Gasteiger partial charge in [0.15, 0.2) is 0 Å². The van der Waals surface area contributed by atoms with E-state index in [1.807, 2.05) is 0 Å². The van der Waals surface area contributed by atoms with Gasteiger partial charge in [0.05, 0.1) is 6.26 Å². The SMILES string of the molecule is CS(=O)(=O)NCC1CCCN(C(=O)c2nc(N)n[nH]2)C1. The molecule has 0 aromatic carbocycles. The number of hydrogen-bond donors (Lipinski definition) is 3. The minimum Gasteiger partial charge on any atom is -0.366 e. The molecule has 0 aliphatic carbocycles. The molecule has 1 aromatic rings. The molecular weight excluding hydrogens is 284 g/mol. The number of nitrogens with two attached hydrogens (primary N) is 1. The van der Waals surface area contributed by atoms with Gasteiger partial charge in [-0.15, -0.1) is 5.10 Å². The molecule has 9 nitrogen and oxygen atoms in total. The number of nitrogens with zero attached hydrogens (tertiary/aromatic N) is 3. The zero-order chi connectivity index (χ0) is 14.8. The van der Waals surface area contributed by atoms with Gasteiger partial charge in [-0.05, 0) is 18.8 Å². The second kappa shape index (κ2) is 5.75. The molecule has 0 bridgehead atoms. The highest BCUT2D eigenvalue weighted by atomic mass is 32.2. The molecule has 1 fully saturated rings. The Morgan fingerprint density at radius 2 is 2.35 bits per heavy atom. The summed E-state index contributed by atoms with van der Waals surface area (Å²) < 4.78 is 24.6. The van der Waals surface area contributed by atoms with E-state index < -0.39 is 10.0 Å². The molecule has 112 valence electrons. The monoisotopic (exact) mass is 302 g/mol. The Hall–Kier alpha value is -1.68. The standard InChI is InChI=1S/C10H18N6O3S/c1-20(18,19)12-5-7-3-2-4-16(6-7)9(17)8-13-10(11)15-14-8/h7,12H,2-6H2,1H3,(H3,11,13,14,15). The van der Waals surface area contributed by atoms with Gasteiger partial charge in [-0.3, -0.25) is 9.89 Å². The number of likely N-dealkylation sites (tertiary alicyclic amines) is 1. The molecule has 4 N–H and O–H groups in total. The number of H-pyrrole nitrogens is 1. The first kappa shape index (κ1) is 14.7. The lowest BCUT2D eigenvalue weighted by atomic mass is 9.98. The summed E-state index contributed by atoms with van der Waals surface area (Å²) in [5.41, 5.74) is 5.37. The van der Waals surface area contributed by atoms with Crippen LogP contribution < -0.4 is 10.5 Å². The van der Waals surface area contributed by atoms with Crippen LogP contribution in [0.15, 0.2) is 0 Å². The fourth-order valence-electron chi connectivity index (χ4n) is 2.21. The van der Waals surface area contributed by atoms with Gasteiger partial charge >= 0.3 is 0 Å². The Labute approximate surface area is 117 Å². The molecule has 2 rings (SSSR count). The van der Waals surface area contributed by atoms with Gasteiger partial charge in [-0.2, -0.15) is 4.98 Å². The number of amides is 1. The van der Waals surface area contributed by atoms with Gasteiger partial charge in [0.2, 0.25) is 21.8 Å². The number of anilines is 1. The van der Waals surface area contributed by atoms with Crippen LogP contribution in [0.25, 0.3) is 0 Å². The van der Waals surface area contributed by atoms with Gasteiger partial charge in [-0.1, -0.05) is 0 Å². The fourth-order valence-corrected chi connectivity index (χ4v) is 2.74. The molecule has 1 atom stereocenters. The van der Waals surface area contributed by atoms with Crippen LogP contribution in [0.3, 0.4) is 0 Å². The summed E-state index contributed by atoms with van der Waals surface area (Å²) in [5.74, 6) is -0.0270. The van der Waals surface area contributed by atoms with Crippen LogP contribution in [0, 0.1) is 5.92 Å². The van der Waals surface area contributed by atoms with Crippen LogP contribution in [0.1, 0.15) is 23.5 Å². The van der Waals surface area contributed by atoms with Crippen molar-refractivity contribution < 1.29 is 13.2 Å². The lowest BCUT2D eigenvalue weighted by Gasteiger charge is -2.32. The number of nitrogen functional groups attached to an aromatic ring is 1. The number of carbonyl (C=O) groups is 1. The largest absolute Gasteiger partial charge is 0.366 e. The van der Waals surface area contributed by atoms with Crippen molar-refractivity contribution in [3.63, 3.8) is 0 Å². The van der Waals surface area contributed by atoms with E-state index in [0.29, 0.717) is 19.6 Å².